The van der Waals surface area contributed by atoms with Gasteiger partial charge >= 0.3 is 0 Å². The third kappa shape index (κ3) is 2.96. The van der Waals surface area contributed by atoms with Crippen LogP contribution in [0.3, 0.4) is 0 Å². The molecule has 1 fully saturated rings. The van der Waals surface area contributed by atoms with Crippen LogP contribution in [0, 0.1) is 0 Å². The van der Waals surface area contributed by atoms with Crippen LogP contribution in [0.2, 0.25) is 0 Å². The maximum absolute atomic E-state index is 3.86. The summed E-state index contributed by atoms with van der Waals surface area (Å²) in [5.74, 6) is 1.41. The predicted octanol–water partition coefficient (Wildman–Crippen LogP) is 5.10. The zero-order valence-corrected chi connectivity index (χ0v) is 13.3. The van der Waals surface area contributed by atoms with Crippen LogP contribution in [-0.2, 0) is 13.1 Å². The van der Waals surface area contributed by atoms with Crippen molar-refractivity contribution in [1.29, 1.82) is 0 Å². The molecule has 1 aliphatic carbocycles. The van der Waals surface area contributed by atoms with E-state index in [-0.39, 0.29) is 0 Å². The first kappa shape index (κ1) is 15.0. The second kappa shape index (κ2) is 6.87. The van der Waals surface area contributed by atoms with Gasteiger partial charge in [0.15, 0.2) is 0 Å². The number of rotatable bonds is 6. The number of hydrogen-bond acceptors (Lipinski definition) is 0. The van der Waals surface area contributed by atoms with Crippen molar-refractivity contribution in [2.75, 3.05) is 0 Å². The van der Waals surface area contributed by atoms with Crippen LogP contribution in [0.15, 0.2) is 62.0 Å². The molecule has 0 radical (unpaired) electrons. The minimum Gasteiger partial charge on any atom is -0.347 e. The molecule has 1 aliphatic rings. The Bertz CT molecular complexity index is 567. The molecule has 0 unspecified atom stereocenters. The van der Waals surface area contributed by atoms with Crippen molar-refractivity contribution in [3.05, 3.63) is 73.4 Å². The molecule has 1 saturated carbocycles. The fourth-order valence-electron chi connectivity index (χ4n) is 3.89. The predicted molar refractivity (Wildman–Crippen MR) is 93.2 cm³/mol. The maximum Gasteiger partial charge on any atom is 0.0400 e. The average Bonchev–Trinajstić information content (AvgIpc) is 3.18. The van der Waals surface area contributed by atoms with Gasteiger partial charge < -0.3 is 9.13 Å². The summed E-state index contributed by atoms with van der Waals surface area (Å²) in [6.07, 6.45) is 13.5. The molecule has 2 aromatic heterocycles. The van der Waals surface area contributed by atoms with Crippen LogP contribution in [0.1, 0.15) is 48.9 Å². The minimum absolute atomic E-state index is 0.703. The van der Waals surface area contributed by atoms with Crippen molar-refractivity contribution in [1.82, 2.24) is 9.13 Å². The van der Waals surface area contributed by atoms with Crippen molar-refractivity contribution in [2.24, 2.45) is 0 Å². The highest BCUT2D eigenvalue weighted by atomic mass is 15.0. The molecule has 2 heteroatoms. The quantitative estimate of drug-likeness (QED) is 0.656. The van der Waals surface area contributed by atoms with Gasteiger partial charge in [0.05, 0.1) is 0 Å². The molecule has 2 nitrogen and oxygen atoms in total. The van der Waals surface area contributed by atoms with E-state index in [4.69, 9.17) is 0 Å². The van der Waals surface area contributed by atoms with Crippen LogP contribution in [0.5, 0.6) is 0 Å². The van der Waals surface area contributed by atoms with E-state index >= 15 is 0 Å². The van der Waals surface area contributed by atoms with Gasteiger partial charge in [-0.15, -0.1) is 13.2 Å². The number of nitrogens with zero attached hydrogens (tertiary/aromatic N) is 2. The van der Waals surface area contributed by atoms with Gasteiger partial charge in [0.1, 0.15) is 0 Å². The molecule has 0 N–H and O–H groups in total. The van der Waals surface area contributed by atoms with Crippen LogP contribution >= 0.6 is 0 Å². The molecule has 0 saturated heterocycles. The van der Waals surface area contributed by atoms with Gasteiger partial charge in [0.2, 0.25) is 0 Å². The summed E-state index contributed by atoms with van der Waals surface area (Å²) in [4.78, 5) is 0. The van der Waals surface area contributed by atoms with Crippen molar-refractivity contribution in [3.8, 4) is 0 Å². The van der Waals surface area contributed by atoms with Gasteiger partial charge in [-0.2, -0.15) is 0 Å². The third-order valence-electron chi connectivity index (χ3n) is 4.94. The molecular formula is C20H26N2. The molecular weight excluding hydrogens is 268 g/mol. The van der Waals surface area contributed by atoms with Gasteiger partial charge in [-0.25, -0.2) is 0 Å². The smallest absolute Gasteiger partial charge is 0.0400 e. The van der Waals surface area contributed by atoms with Gasteiger partial charge in [-0.3, -0.25) is 0 Å². The van der Waals surface area contributed by atoms with Crippen molar-refractivity contribution < 1.29 is 0 Å². The molecule has 2 aromatic rings. The Hall–Kier alpha value is -1.96. The average molecular weight is 294 g/mol. The van der Waals surface area contributed by atoms with Crippen LogP contribution < -0.4 is 0 Å². The number of aromatic nitrogens is 2. The second-order valence-corrected chi connectivity index (χ2v) is 6.30. The van der Waals surface area contributed by atoms with E-state index in [1.165, 1.54) is 37.1 Å². The van der Waals surface area contributed by atoms with E-state index in [9.17, 15) is 0 Å². The summed E-state index contributed by atoms with van der Waals surface area (Å²) in [5.41, 5.74) is 2.97. The first-order chi connectivity index (χ1) is 10.8. The normalized spacial score (nSPS) is 21.6. The van der Waals surface area contributed by atoms with Crippen molar-refractivity contribution in [3.63, 3.8) is 0 Å². The SMILES string of the molecule is C=CCn1cccc1C1CCC(c2cccn2CC=C)CC1. The fraction of sp³-hybridized carbons (Fsp3) is 0.400. The van der Waals surface area contributed by atoms with Crippen molar-refractivity contribution in [2.45, 2.75) is 50.6 Å². The van der Waals surface area contributed by atoms with Crippen LogP contribution in [0.25, 0.3) is 0 Å². The van der Waals surface area contributed by atoms with Crippen LogP contribution in [-0.4, -0.2) is 9.13 Å². The molecule has 22 heavy (non-hydrogen) atoms. The van der Waals surface area contributed by atoms with E-state index in [2.05, 4.69) is 59.0 Å². The zero-order valence-electron chi connectivity index (χ0n) is 13.3. The van der Waals surface area contributed by atoms with E-state index in [0.29, 0.717) is 11.8 Å². The summed E-state index contributed by atoms with van der Waals surface area (Å²) >= 11 is 0. The lowest BCUT2D eigenvalue weighted by Gasteiger charge is -2.30. The number of hydrogen-bond donors (Lipinski definition) is 0. The van der Waals surface area contributed by atoms with E-state index in [1.54, 1.807) is 0 Å². The van der Waals surface area contributed by atoms with Gasteiger partial charge in [-0.1, -0.05) is 12.2 Å². The van der Waals surface area contributed by atoms with E-state index in [0.717, 1.165) is 13.1 Å². The Morgan fingerprint density at radius 1 is 0.818 bits per heavy atom. The molecule has 0 aromatic carbocycles. The first-order valence-corrected chi connectivity index (χ1v) is 8.35. The monoisotopic (exact) mass is 294 g/mol. The highest BCUT2D eigenvalue weighted by molar-refractivity contribution is 5.18. The topological polar surface area (TPSA) is 9.86 Å². The largest absolute Gasteiger partial charge is 0.347 e. The van der Waals surface area contributed by atoms with E-state index < -0.39 is 0 Å². The Labute approximate surface area is 133 Å². The maximum atomic E-state index is 3.86. The lowest BCUT2D eigenvalue weighted by molar-refractivity contribution is 0.374. The molecule has 0 atom stereocenters. The minimum atomic E-state index is 0.703. The van der Waals surface area contributed by atoms with Crippen LogP contribution in [0.4, 0.5) is 0 Å². The van der Waals surface area contributed by atoms with Gasteiger partial charge in [0.25, 0.3) is 0 Å². The third-order valence-corrected chi connectivity index (χ3v) is 4.94. The molecule has 0 spiro atoms. The summed E-state index contributed by atoms with van der Waals surface area (Å²) < 4.78 is 4.69. The molecule has 0 amide bonds. The summed E-state index contributed by atoms with van der Waals surface area (Å²) in [6, 6.07) is 8.91. The van der Waals surface area contributed by atoms with Gasteiger partial charge in [0, 0.05) is 36.9 Å². The van der Waals surface area contributed by atoms with Crippen molar-refractivity contribution >= 4 is 0 Å². The molecule has 2 heterocycles. The van der Waals surface area contributed by atoms with E-state index in [1.807, 2.05) is 12.2 Å². The fourth-order valence-corrected chi connectivity index (χ4v) is 3.89. The highest BCUT2D eigenvalue weighted by Gasteiger charge is 2.26. The summed E-state index contributed by atoms with van der Waals surface area (Å²) in [6.45, 7) is 9.57. The Balaban J connectivity index is 1.67. The molecule has 3 rings (SSSR count). The summed E-state index contributed by atoms with van der Waals surface area (Å²) in [7, 11) is 0. The Kier molecular flexibility index (Phi) is 4.67. The Morgan fingerprint density at radius 2 is 1.23 bits per heavy atom. The molecule has 0 aliphatic heterocycles. The highest BCUT2D eigenvalue weighted by Crippen LogP contribution is 2.40. The summed E-state index contributed by atoms with van der Waals surface area (Å²) in [5, 5.41) is 0. The molecule has 0 bridgehead atoms. The number of allylic oxidation sites excluding steroid dienone is 2. The first-order valence-electron chi connectivity index (χ1n) is 8.35. The lowest BCUT2D eigenvalue weighted by atomic mass is 9.79. The second-order valence-electron chi connectivity index (χ2n) is 6.30. The lowest BCUT2D eigenvalue weighted by Crippen LogP contribution is -2.17. The standard InChI is InChI=1S/C20H26N2/c1-3-13-21-15-5-7-19(21)17-9-11-18(12-10-17)20-8-6-16-22(20)14-4-2/h3-8,15-18H,1-2,9-14H2. The zero-order chi connectivity index (χ0) is 15.4. The Morgan fingerprint density at radius 3 is 1.59 bits per heavy atom. The molecule has 116 valence electrons. The van der Waals surface area contributed by atoms with Gasteiger partial charge in [-0.05, 0) is 61.8 Å².